The lowest BCUT2D eigenvalue weighted by Gasteiger charge is -2.08. The van der Waals surface area contributed by atoms with E-state index in [-0.39, 0.29) is 6.61 Å². The molecule has 2 aromatic rings. The van der Waals surface area contributed by atoms with Crippen molar-refractivity contribution in [2.24, 2.45) is 0 Å². The number of H-pyrrole nitrogens is 1. The maximum absolute atomic E-state index is 11.7. The van der Waals surface area contributed by atoms with Crippen LogP contribution in [0.1, 0.15) is 23.0 Å². The van der Waals surface area contributed by atoms with E-state index in [1.54, 1.807) is 24.4 Å². The lowest BCUT2D eigenvalue weighted by atomic mass is 10.2. The molecule has 1 aromatic carbocycles. The maximum atomic E-state index is 11.7. The highest BCUT2D eigenvalue weighted by molar-refractivity contribution is 9.10. The van der Waals surface area contributed by atoms with Crippen LogP contribution < -0.4 is 15.6 Å². The number of carbonyl (C=O) groups excluding carboxylic acids is 2. The largest absolute Gasteiger partial charge is 0.484 e. The number of carbonyl (C=O) groups is 2. The molecule has 2 rings (SSSR count). The molecular weight excluding hydrogens is 350 g/mol. The average molecular weight is 366 g/mol. The van der Waals surface area contributed by atoms with Crippen molar-refractivity contribution in [2.75, 3.05) is 6.61 Å². The Labute approximate surface area is 136 Å². The summed E-state index contributed by atoms with van der Waals surface area (Å²) in [5.41, 5.74) is 6.11. The summed E-state index contributed by atoms with van der Waals surface area (Å²) in [5, 5.41) is 0. The van der Waals surface area contributed by atoms with E-state index < -0.39 is 11.8 Å². The molecular formula is C15H16BrN3O3. The normalized spacial score (nSPS) is 10.1. The smallest absolute Gasteiger partial charge is 0.286 e. The number of halogens is 1. The molecule has 0 unspecified atom stereocenters. The molecule has 0 spiro atoms. The molecule has 7 heteroatoms. The highest BCUT2D eigenvalue weighted by Crippen LogP contribution is 2.12. The van der Waals surface area contributed by atoms with E-state index in [4.69, 9.17) is 4.74 Å². The van der Waals surface area contributed by atoms with Gasteiger partial charge in [0.05, 0.1) is 0 Å². The minimum Gasteiger partial charge on any atom is -0.484 e. The number of aromatic amines is 1. The van der Waals surface area contributed by atoms with Crippen LogP contribution in [0.2, 0.25) is 0 Å². The molecule has 0 saturated heterocycles. The van der Waals surface area contributed by atoms with Crippen LogP contribution in [0.15, 0.2) is 41.0 Å². The first-order valence-electron chi connectivity index (χ1n) is 6.73. The second-order valence-corrected chi connectivity index (χ2v) is 5.44. The molecule has 0 saturated carbocycles. The summed E-state index contributed by atoms with van der Waals surface area (Å²) < 4.78 is 6.08. The predicted molar refractivity (Wildman–Crippen MR) is 85.4 cm³/mol. The summed E-state index contributed by atoms with van der Waals surface area (Å²) in [6.07, 6.45) is 2.57. The van der Waals surface area contributed by atoms with E-state index in [9.17, 15) is 9.59 Å². The van der Waals surface area contributed by atoms with Gasteiger partial charge >= 0.3 is 0 Å². The van der Waals surface area contributed by atoms with E-state index in [0.29, 0.717) is 11.4 Å². The molecule has 0 fully saturated rings. The Morgan fingerprint density at radius 2 is 1.95 bits per heavy atom. The summed E-state index contributed by atoms with van der Waals surface area (Å²) in [6.45, 7) is 1.88. The lowest BCUT2D eigenvalue weighted by Crippen LogP contribution is -2.43. The van der Waals surface area contributed by atoms with Gasteiger partial charge in [-0.2, -0.15) is 0 Å². The predicted octanol–water partition coefficient (Wildman–Crippen LogP) is 2.18. The van der Waals surface area contributed by atoms with Crippen LogP contribution >= 0.6 is 15.9 Å². The quantitative estimate of drug-likeness (QED) is 0.710. The summed E-state index contributed by atoms with van der Waals surface area (Å²) >= 11 is 3.22. The minimum atomic E-state index is -0.446. The molecule has 0 aliphatic heterocycles. The van der Waals surface area contributed by atoms with Gasteiger partial charge in [-0.1, -0.05) is 19.1 Å². The van der Waals surface area contributed by atoms with Gasteiger partial charge in [0.15, 0.2) is 6.61 Å². The number of hydrogen-bond donors (Lipinski definition) is 3. The van der Waals surface area contributed by atoms with Gasteiger partial charge < -0.3 is 9.72 Å². The van der Waals surface area contributed by atoms with E-state index in [2.05, 4.69) is 38.7 Å². The van der Waals surface area contributed by atoms with Crippen LogP contribution in [0.4, 0.5) is 0 Å². The number of aryl methyl sites for hydroxylation is 1. The Kier molecular flexibility index (Phi) is 5.60. The molecule has 1 heterocycles. The SMILES string of the molecule is CCc1ccc(OCC(=O)NNC(=O)c2cc(Br)c[nH]2)cc1. The Morgan fingerprint density at radius 3 is 2.55 bits per heavy atom. The maximum Gasteiger partial charge on any atom is 0.286 e. The summed E-state index contributed by atoms with van der Waals surface area (Å²) in [4.78, 5) is 26.1. The van der Waals surface area contributed by atoms with Crippen molar-refractivity contribution >= 4 is 27.7 Å². The molecule has 1 aromatic heterocycles. The number of hydrazine groups is 1. The third-order valence-electron chi connectivity index (χ3n) is 2.91. The molecule has 0 aliphatic rings. The van der Waals surface area contributed by atoms with Crippen molar-refractivity contribution in [3.05, 3.63) is 52.3 Å². The molecule has 22 heavy (non-hydrogen) atoms. The second kappa shape index (κ2) is 7.65. The molecule has 3 N–H and O–H groups in total. The molecule has 2 amide bonds. The highest BCUT2D eigenvalue weighted by Gasteiger charge is 2.09. The number of rotatable bonds is 5. The average Bonchev–Trinajstić information content (AvgIpc) is 2.97. The first-order valence-corrected chi connectivity index (χ1v) is 7.52. The van der Waals surface area contributed by atoms with Gasteiger partial charge in [-0.25, -0.2) is 0 Å². The molecule has 6 nitrogen and oxygen atoms in total. The van der Waals surface area contributed by atoms with Gasteiger partial charge in [-0.15, -0.1) is 0 Å². The van der Waals surface area contributed by atoms with Gasteiger partial charge in [0.1, 0.15) is 11.4 Å². The minimum absolute atomic E-state index is 0.180. The topological polar surface area (TPSA) is 83.2 Å². The fourth-order valence-electron chi connectivity index (χ4n) is 1.70. The Hall–Kier alpha value is -2.28. The zero-order valence-electron chi connectivity index (χ0n) is 12.0. The number of benzene rings is 1. The van der Waals surface area contributed by atoms with Crippen LogP contribution in [-0.2, 0) is 11.2 Å². The van der Waals surface area contributed by atoms with Crippen LogP contribution in [0.3, 0.4) is 0 Å². The first-order chi connectivity index (χ1) is 10.6. The van der Waals surface area contributed by atoms with E-state index in [0.717, 1.165) is 10.9 Å². The van der Waals surface area contributed by atoms with Gasteiger partial charge in [-0.05, 0) is 46.1 Å². The fourth-order valence-corrected chi connectivity index (χ4v) is 2.04. The zero-order valence-corrected chi connectivity index (χ0v) is 13.6. The monoisotopic (exact) mass is 365 g/mol. The van der Waals surface area contributed by atoms with Gasteiger partial charge in [0.2, 0.25) is 0 Å². The third-order valence-corrected chi connectivity index (χ3v) is 3.37. The number of ether oxygens (including phenoxy) is 1. The van der Waals surface area contributed by atoms with Crippen molar-refractivity contribution in [1.29, 1.82) is 0 Å². The summed E-state index contributed by atoms with van der Waals surface area (Å²) in [7, 11) is 0. The summed E-state index contributed by atoms with van der Waals surface area (Å²) in [5.74, 6) is -0.281. The molecule has 0 bridgehead atoms. The van der Waals surface area contributed by atoms with Crippen molar-refractivity contribution in [2.45, 2.75) is 13.3 Å². The number of hydrogen-bond acceptors (Lipinski definition) is 3. The molecule has 0 radical (unpaired) electrons. The van der Waals surface area contributed by atoms with Crippen LogP contribution in [0.25, 0.3) is 0 Å². The van der Waals surface area contributed by atoms with Gasteiger partial charge in [0.25, 0.3) is 11.8 Å². The number of nitrogens with one attached hydrogen (secondary N) is 3. The number of amides is 2. The van der Waals surface area contributed by atoms with Crippen LogP contribution in [0, 0.1) is 0 Å². The third kappa shape index (κ3) is 4.63. The fraction of sp³-hybridized carbons (Fsp3) is 0.200. The lowest BCUT2D eigenvalue weighted by molar-refractivity contribution is -0.123. The zero-order chi connectivity index (χ0) is 15.9. The summed E-state index contributed by atoms with van der Waals surface area (Å²) in [6, 6.07) is 9.10. The van der Waals surface area contributed by atoms with Crippen molar-refractivity contribution in [3.63, 3.8) is 0 Å². The van der Waals surface area contributed by atoms with Gasteiger partial charge in [-0.3, -0.25) is 20.4 Å². The van der Waals surface area contributed by atoms with Crippen molar-refractivity contribution in [1.82, 2.24) is 15.8 Å². The van der Waals surface area contributed by atoms with E-state index in [1.165, 1.54) is 5.56 Å². The number of aromatic nitrogens is 1. The standard InChI is InChI=1S/C15H16BrN3O3/c1-2-10-3-5-12(6-4-10)22-9-14(20)18-19-15(21)13-7-11(16)8-17-13/h3-8,17H,2,9H2,1H3,(H,18,20)(H,19,21). The van der Waals surface area contributed by atoms with Crippen LogP contribution in [-0.4, -0.2) is 23.4 Å². The highest BCUT2D eigenvalue weighted by atomic mass is 79.9. The van der Waals surface area contributed by atoms with E-state index in [1.807, 2.05) is 12.1 Å². The van der Waals surface area contributed by atoms with E-state index >= 15 is 0 Å². The van der Waals surface area contributed by atoms with Crippen LogP contribution in [0.5, 0.6) is 5.75 Å². The Bertz CT molecular complexity index is 652. The first kappa shape index (κ1) is 16.1. The molecule has 0 aliphatic carbocycles. The van der Waals surface area contributed by atoms with Crippen molar-refractivity contribution in [3.8, 4) is 5.75 Å². The molecule has 0 atom stereocenters. The Morgan fingerprint density at radius 1 is 1.23 bits per heavy atom. The molecule has 116 valence electrons. The van der Waals surface area contributed by atoms with Gasteiger partial charge in [0, 0.05) is 10.7 Å². The second-order valence-electron chi connectivity index (χ2n) is 4.52. The Balaban J connectivity index is 1.74. The van der Waals surface area contributed by atoms with Crippen molar-refractivity contribution < 1.29 is 14.3 Å².